The Labute approximate surface area is 212 Å². The van der Waals surface area contributed by atoms with Gasteiger partial charge in [-0.2, -0.15) is 0 Å². The van der Waals surface area contributed by atoms with E-state index < -0.39 is 29.2 Å². The minimum Gasteiger partial charge on any atom is -0.459 e. The van der Waals surface area contributed by atoms with Crippen LogP contribution in [0, 0.1) is 0 Å². The maximum absolute atomic E-state index is 12.3. The van der Waals surface area contributed by atoms with Crippen molar-refractivity contribution in [3.8, 4) is 0 Å². The van der Waals surface area contributed by atoms with Crippen molar-refractivity contribution >= 4 is 23.9 Å². The van der Waals surface area contributed by atoms with Gasteiger partial charge in [0.25, 0.3) is 0 Å². The van der Waals surface area contributed by atoms with E-state index in [9.17, 15) is 19.2 Å². The van der Waals surface area contributed by atoms with Crippen LogP contribution in [0.1, 0.15) is 45.7 Å². The van der Waals surface area contributed by atoms with E-state index in [1.54, 1.807) is 13.8 Å². The van der Waals surface area contributed by atoms with Gasteiger partial charge in [-0.05, 0) is 45.7 Å². The van der Waals surface area contributed by atoms with Crippen LogP contribution >= 0.6 is 0 Å². The predicted octanol–water partition coefficient (Wildman–Crippen LogP) is 3.50. The number of Topliss-reactive ketones (excluding diaryl/α,β-unsaturated/α-hetero) is 1. The number of ketones is 1. The van der Waals surface area contributed by atoms with Gasteiger partial charge in [-0.25, -0.2) is 14.4 Å². The normalized spacial score (nSPS) is 11.1. The average Bonchev–Trinajstić information content (AvgIpc) is 2.80. The molecule has 10 heteroatoms. The molecule has 1 rings (SSSR count). The number of esters is 1. The number of carbonyl (C=O) groups excluding carboxylic acids is 4. The van der Waals surface area contributed by atoms with Crippen LogP contribution in [-0.2, 0) is 39.6 Å². The van der Waals surface area contributed by atoms with Crippen molar-refractivity contribution in [1.82, 2.24) is 10.6 Å². The predicted molar refractivity (Wildman–Crippen MR) is 133 cm³/mol. The largest absolute Gasteiger partial charge is 0.459 e. The van der Waals surface area contributed by atoms with E-state index >= 15 is 0 Å². The van der Waals surface area contributed by atoms with Crippen molar-refractivity contribution in [3.05, 3.63) is 60.2 Å². The molecule has 1 aromatic rings. The maximum Gasteiger partial charge on any atom is 0.407 e. The van der Waals surface area contributed by atoms with Gasteiger partial charge in [-0.3, -0.25) is 4.79 Å². The molecule has 0 atom stereocenters. The van der Waals surface area contributed by atoms with Gasteiger partial charge in [0.1, 0.15) is 19.8 Å². The Hall–Kier alpha value is -3.66. The summed E-state index contributed by atoms with van der Waals surface area (Å²) in [4.78, 5) is 46.6. The molecule has 198 valence electrons. The van der Waals surface area contributed by atoms with E-state index in [2.05, 4.69) is 23.8 Å². The van der Waals surface area contributed by atoms with Crippen LogP contribution in [0.2, 0.25) is 0 Å². The quantitative estimate of drug-likeness (QED) is 0.170. The lowest BCUT2D eigenvalue weighted by Crippen LogP contribution is -2.43. The third-order valence-corrected chi connectivity index (χ3v) is 5.10. The lowest BCUT2D eigenvalue weighted by atomic mass is 9.87. The number of carbonyl (C=O) groups is 4. The van der Waals surface area contributed by atoms with Crippen molar-refractivity contribution in [2.24, 2.45) is 0 Å². The van der Waals surface area contributed by atoms with E-state index in [0.717, 1.165) is 17.2 Å². The molecule has 0 aliphatic carbocycles. The first-order chi connectivity index (χ1) is 16.8. The minimum absolute atomic E-state index is 0.0129. The number of ether oxygens (including phenoxy) is 4. The van der Waals surface area contributed by atoms with Gasteiger partial charge in [0.2, 0.25) is 0 Å². The van der Waals surface area contributed by atoms with E-state index in [1.165, 1.54) is 6.92 Å². The fourth-order valence-electron chi connectivity index (χ4n) is 2.85. The third-order valence-electron chi connectivity index (χ3n) is 5.10. The Morgan fingerprint density at radius 1 is 0.861 bits per heavy atom. The molecule has 0 aromatic heterocycles. The number of hydrogen-bond acceptors (Lipinski definition) is 8. The summed E-state index contributed by atoms with van der Waals surface area (Å²) in [7, 11) is 0. The fourth-order valence-corrected chi connectivity index (χ4v) is 2.85. The molecule has 1 aromatic carbocycles. The minimum atomic E-state index is -0.803. The Morgan fingerprint density at radius 2 is 1.33 bits per heavy atom. The molecule has 2 N–H and O–H groups in total. The van der Waals surface area contributed by atoms with Gasteiger partial charge in [0, 0.05) is 11.6 Å². The first-order valence-electron chi connectivity index (χ1n) is 11.3. The summed E-state index contributed by atoms with van der Waals surface area (Å²) in [6, 6.07) is 7.38. The van der Waals surface area contributed by atoms with E-state index in [1.807, 2.05) is 38.1 Å². The molecule has 10 nitrogen and oxygen atoms in total. The van der Waals surface area contributed by atoms with Gasteiger partial charge in [-0.15, -0.1) is 0 Å². The highest BCUT2D eigenvalue weighted by atomic mass is 16.6. The lowest BCUT2D eigenvalue weighted by molar-refractivity contribution is -0.138. The molecule has 2 amide bonds. The molecule has 0 saturated carbocycles. The summed E-state index contributed by atoms with van der Waals surface area (Å²) in [5.74, 6) is -0.750. The number of alkyl carbamates (subject to hydrolysis) is 2. The van der Waals surface area contributed by atoms with Gasteiger partial charge < -0.3 is 29.6 Å². The highest BCUT2D eigenvalue weighted by Crippen LogP contribution is 2.27. The molecule has 0 unspecified atom stereocenters. The smallest absolute Gasteiger partial charge is 0.407 e. The molecule has 0 heterocycles. The number of rotatable bonds is 14. The Kier molecular flexibility index (Phi) is 11.8. The van der Waals surface area contributed by atoms with Crippen molar-refractivity contribution in [3.63, 3.8) is 0 Å². The molecule has 0 aliphatic heterocycles. The van der Waals surface area contributed by atoms with E-state index in [0.29, 0.717) is 5.57 Å². The number of nitrogens with one attached hydrogen (secondary N) is 2. The fraction of sp³-hybridized carbons (Fsp3) is 0.462. The van der Waals surface area contributed by atoms with Crippen LogP contribution in [0.5, 0.6) is 0 Å². The molecule has 0 aliphatic rings. The summed E-state index contributed by atoms with van der Waals surface area (Å²) in [5, 5.41) is 5.58. The van der Waals surface area contributed by atoms with Crippen LogP contribution in [0.15, 0.2) is 49.1 Å². The first kappa shape index (κ1) is 30.4. The van der Waals surface area contributed by atoms with Gasteiger partial charge in [0.15, 0.2) is 5.78 Å². The van der Waals surface area contributed by atoms with E-state index in [-0.39, 0.29) is 38.8 Å². The summed E-state index contributed by atoms with van der Waals surface area (Å²) in [6.07, 6.45) is -0.274. The topological polar surface area (TPSA) is 129 Å². The summed E-state index contributed by atoms with van der Waals surface area (Å²) in [6.45, 7) is 15.6. The Balaban J connectivity index is 2.64. The van der Waals surface area contributed by atoms with Crippen LogP contribution in [0.4, 0.5) is 9.59 Å². The van der Waals surface area contributed by atoms with Crippen molar-refractivity contribution in [2.75, 3.05) is 33.0 Å². The van der Waals surface area contributed by atoms with E-state index in [4.69, 9.17) is 18.9 Å². The molecule has 0 bridgehead atoms. The lowest BCUT2D eigenvalue weighted by Gasteiger charge is -2.30. The molecular formula is C26H36N2O8. The third kappa shape index (κ3) is 10.7. The number of amides is 2. The van der Waals surface area contributed by atoms with Crippen LogP contribution < -0.4 is 10.6 Å². The van der Waals surface area contributed by atoms with Gasteiger partial charge >= 0.3 is 18.2 Å². The van der Waals surface area contributed by atoms with Crippen molar-refractivity contribution in [1.29, 1.82) is 0 Å². The van der Waals surface area contributed by atoms with Crippen molar-refractivity contribution < 1.29 is 38.1 Å². The van der Waals surface area contributed by atoms with Crippen molar-refractivity contribution in [2.45, 2.75) is 45.7 Å². The second-order valence-electron chi connectivity index (χ2n) is 8.94. The summed E-state index contributed by atoms with van der Waals surface area (Å²) >= 11 is 0. The molecular weight excluding hydrogens is 468 g/mol. The first-order valence-corrected chi connectivity index (χ1v) is 11.3. The Bertz CT molecular complexity index is 968. The summed E-state index contributed by atoms with van der Waals surface area (Å²) in [5.41, 5.74) is 0.314. The van der Waals surface area contributed by atoms with Crippen LogP contribution in [0.3, 0.4) is 0 Å². The second kappa shape index (κ2) is 14.0. The average molecular weight is 505 g/mol. The van der Waals surface area contributed by atoms with Crippen LogP contribution in [-0.4, -0.2) is 57.0 Å². The number of benzene rings is 1. The highest BCUT2D eigenvalue weighted by Gasteiger charge is 2.28. The number of hydrogen-bond donors (Lipinski definition) is 2. The molecule has 36 heavy (non-hydrogen) atoms. The molecule has 0 saturated heterocycles. The zero-order valence-electron chi connectivity index (χ0n) is 21.6. The van der Waals surface area contributed by atoms with Gasteiger partial charge in [0.05, 0.1) is 24.3 Å². The maximum atomic E-state index is 12.3. The molecule has 0 fully saturated rings. The zero-order chi connectivity index (χ0) is 27.4. The molecule has 0 radical (unpaired) electrons. The standard InChI is InChI=1S/C26H36N2O8/c1-8-22(30)34-14-15-36-24(32)28-26(6,7)21-11-9-10-20(16-21)25(4,5)27-23(31)35-13-12-33-17-18(2)19(3)29/h8-11,16H,1-2,12-15,17H2,3-7H3,(H,27,31)(H,28,32). The molecule has 0 spiro atoms. The Morgan fingerprint density at radius 3 is 1.81 bits per heavy atom. The second-order valence-corrected chi connectivity index (χ2v) is 8.94. The monoisotopic (exact) mass is 504 g/mol. The zero-order valence-corrected chi connectivity index (χ0v) is 21.6. The highest BCUT2D eigenvalue weighted by molar-refractivity contribution is 5.92. The van der Waals surface area contributed by atoms with Crippen LogP contribution in [0.25, 0.3) is 0 Å². The summed E-state index contributed by atoms with van der Waals surface area (Å²) < 4.78 is 20.2. The van der Waals surface area contributed by atoms with Gasteiger partial charge in [-0.1, -0.05) is 37.4 Å². The SMILES string of the molecule is C=CC(=O)OCCOC(=O)NC(C)(C)c1cccc(C(C)(C)NC(=O)OCCOCC(=C)C(C)=O)c1.